The van der Waals surface area contributed by atoms with Crippen LogP contribution in [-0.2, 0) is 20.1 Å². The topological polar surface area (TPSA) is 29.9 Å². The highest BCUT2D eigenvalue weighted by Gasteiger charge is 2.02. The van der Waals surface area contributed by atoms with Gasteiger partial charge in [0.15, 0.2) is 0 Å². The van der Waals surface area contributed by atoms with Crippen molar-refractivity contribution in [3.8, 4) is 0 Å². The Morgan fingerprint density at radius 3 is 2.82 bits per heavy atom. The van der Waals surface area contributed by atoms with Crippen molar-refractivity contribution in [2.45, 2.75) is 20.0 Å². The molecule has 0 aliphatic heterocycles. The molecule has 0 fully saturated rings. The van der Waals surface area contributed by atoms with E-state index in [0.29, 0.717) is 0 Å². The number of nitrogens with one attached hydrogen (secondary N) is 1. The Labute approximate surface area is 106 Å². The van der Waals surface area contributed by atoms with Crippen LogP contribution in [-0.4, -0.2) is 9.78 Å². The van der Waals surface area contributed by atoms with Crippen LogP contribution in [0.1, 0.15) is 16.8 Å². The minimum atomic E-state index is 0.779. The molecule has 1 aromatic heterocycles. The Kier molecular flexibility index (Phi) is 3.82. The van der Waals surface area contributed by atoms with Gasteiger partial charge < -0.3 is 5.32 Å². The molecule has 0 aliphatic rings. The van der Waals surface area contributed by atoms with Gasteiger partial charge in [0.1, 0.15) is 0 Å². The van der Waals surface area contributed by atoms with Gasteiger partial charge in [0, 0.05) is 36.9 Å². The fourth-order valence-corrected chi connectivity index (χ4v) is 2.02. The average molecular weight is 250 g/mol. The maximum atomic E-state index is 5.93. The maximum absolute atomic E-state index is 5.93. The number of halogens is 1. The minimum absolute atomic E-state index is 0.779. The summed E-state index contributed by atoms with van der Waals surface area (Å²) in [6.45, 7) is 3.66. The predicted octanol–water partition coefficient (Wildman–Crippen LogP) is 2.67. The van der Waals surface area contributed by atoms with Crippen molar-refractivity contribution in [1.82, 2.24) is 15.1 Å². The summed E-state index contributed by atoms with van der Waals surface area (Å²) in [6, 6.07) is 7.89. The Morgan fingerprint density at radius 2 is 2.18 bits per heavy atom. The summed E-state index contributed by atoms with van der Waals surface area (Å²) in [4.78, 5) is 0. The first-order valence-corrected chi connectivity index (χ1v) is 5.97. The normalized spacial score (nSPS) is 10.8. The predicted molar refractivity (Wildman–Crippen MR) is 69.9 cm³/mol. The van der Waals surface area contributed by atoms with Crippen molar-refractivity contribution in [3.05, 3.63) is 52.3 Å². The Balaban J connectivity index is 1.89. The highest BCUT2D eigenvalue weighted by Crippen LogP contribution is 2.11. The van der Waals surface area contributed by atoms with Gasteiger partial charge >= 0.3 is 0 Å². The van der Waals surface area contributed by atoms with Crippen LogP contribution in [0.4, 0.5) is 0 Å². The molecule has 2 rings (SSSR count). The van der Waals surface area contributed by atoms with Gasteiger partial charge in [0.2, 0.25) is 0 Å². The van der Waals surface area contributed by atoms with E-state index in [9.17, 15) is 0 Å². The molecule has 0 amide bonds. The maximum Gasteiger partial charge on any atom is 0.0638 e. The second-order valence-corrected chi connectivity index (χ2v) is 4.58. The molecule has 0 aliphatic carbocycles. The van der Waals surface area contributed by atoms with Crippen molar-refractivity contribution >= 4 is 11.6 Å². The smallest absolute Gasteiger partial charge is 0.0638 e. The van der Waals surface area contributed by atoms with Crippen molar-refractivity contribution in [2.24, 2.45) is 7.05 Å². The van der Waals surface area contributed by atoms with Crippen LogP contribution >= 0.6 is 11.6 Å². The van der Waals surface area contributed by atoms with E-state index in [-0.39, 0.29) is 0 Å². The largest absolute Gasteiger partial charge is 0.308 e. The van der Waals surface area contributed by atoms with Gasteiger partial charge in [-0.1, -0.05) is 23.7 Å². The quantitative estimate of drug-likeness (QED) is 0.903. The lowest BCUT2D eigenvalue weighted by molar-refractivity contribution is 0.690. The Hall–Kier alpha value is -1.32. The van der Waals surface area contributed by atoms with E-state index in [0.717, 1.165) is 23.8 Å². The molecule has 17 heavy (non-hydrogen) atoms. The van der Waals surface area contributed by atoms with Crippen LogP contribution in [0.2, 0.25) is 5.02 Å². The zero-order valence-corrected chi connectivity index (χ0v) is 10.8. The molecule has 0 spiro atoms. The lowest BCUT2D eigenvalue weighted by Gasteiger charge is -2.04. The molecule has 4 heteroatoms. The van der Waals surface area contributed by atoms with Gasteiger partial charge in [-0.25, -0.2) is 0 Å². The molecule has 2 aromatic rings. The number of rotatable bonds is 4. The van der Waals surface area contributed by atoms with Crippen LogP contribution < -0.4 is 5.32 Å². The molecule has 1 aromatic carbocycles. The number of nitrogens with zero attached hydrogens (tertiary/aromatic N) is 2. The van der Waals surface area contributed by atoms with Gasteiger partial charge in [-0.15, -0.1) is 0 Å². The van der Waals surface area contributed by atoms with Gasteiger partial charge in [-0.3, -0.25) is 4.68 Å². The van der Waals surface area contributed by atoms with Crippen molar-refractivity contribution < 1.29 is 0 Å². The second kappa shape index (κ2) is 5.34. The van der Waals surface area contributed by atoms with Gasteiger partial charge in [0.05, 0.1) is 5.69 Å². The third kappa shape index (κ3) is 3.32. The molecule has 0 bridgehead atoms. The molecular formula is C13H16ClN3. The summed E-state index contributed by atoms with van der Waals surface area (Å²) >= 11 is 5.93. The molecule has 0 saturated carbocycles. The number of hydrogen-bond donors (Lipinski definition) is 1. The number of aromatic nitrogens is 2. The van der Waals surface area contributed by atoms with Crippen molar-refractivity contribution in [2.75, 3.05) is 0 Å². The average Bonchev–Trinajstić information content (AvgIpc) is 2.58. The highest BCUT2D eigenvalue weighted by molar-refractivity contribution is 6.30. The monoisotopic (exact) mass is 249 g/mol. The fourth-order valence-electron chi connectivity index (χ4n) is 1.81. The van der Waals surface area contributed by atoms with Crippen LogP contribution in [0.15, 0.2) is 30.5 Å². The molecule has 3 nitrogen and oxygen atoms in total. The molecule has 90 valence electrons. The van der Waals surface area contributed by atoms with Crippen LogP contribution in [0.3, 0.4) is 0 Å². The van der Waals surface area contributed by atoms with Gasteiger partial charge in [-0.2, -0.15) is 5.10 Å². The summed E-state index contributed by atoms with van der Waals surface area (Å²) in [5, 5.41) is 8.47. The zero-order valence-electron chi connectivity index (χ0n) is 10.1. The Bertz CT molecular complexity index is 505. The lowest BCUT2D eigenvalue weighted by atomic mass is 10.2. The molecule has 1 N–H and O–H groups in total. The zero-order chi connectivity index (χ0) is 12.3. The molecular weight excluding hydrogens is 234 g/mol. The van der Waals surface area contributed by atoms with Crippen molar-refractivity contribution in [1.29, 1.82) is 0 Å². The summed E-state index contributed by atoms with van der Waals surface area (Å²) in [7, 11) is 1.94. The first-order chi connectivity index (χ1) is 8.15. The lowest BCUT2D eigenvalue weighted by Crippen LogP contribution is -2.12. The van der Waals surface area contributed by atoms with Crippen LogP contribution in [0, 0.1) is 6.92 Å². The third-order valence-corrected chi connectivity index (χ3v) is 2.88. The van der Waals surface area contributed by atoms with Crippen LogP contribution in [0.5, 0.6) is 0 Å². The van der Waals surface area contributed by atoms with E-state index in [1.54, 1.807) is 0 Å². The van der Waals surface area contributed by atoms with Gasteiger partial charge in [0.25, 0.3) is 0 Å². The second-order valence-electron chi connectivity index (χ2n) is 4.15. The van der Waals surface area contributed by atoms with E-state index < -0.39 is 0 Å². The fraction of sp³-hybridized carbons (Fsp3) is 0.308. The molecule has 0 saturated heterocycles. The summed E-state index contributed by atoms with van der Waals surface area (Å²) in [6.07, 6.45) is 2.04. The number of hydrogen-bond acceptors (Lipinski definition) is 2. The van der Waals surface area contributed by atoms with Gasteiger partial charge in [-0.05, 0) is 24.6 Å². The minimum Gasteiger partial charge on any atom is -0.308 e. The number of aryl methyl sites for hydroxylation is 2. The highest BCUT2D eigenvalue weighted by atomic mass is 35.5. The SMILES string of the molecule is Cc1nn(C)cc1CNCc1cccc(Cl)c1. The summed E-state index contributed by atoms with van der Waals surface area (Å²) in [5.41, 5.74) is 3.50. The summed E-state index contributed by atoms with van der Waals surface area (Å²) < 4.78 is 1.84. The van der Waals surface area contributed by atoms with E-state index in [2.05, 4.69) is 16.5 Å². The first kappa shape index (κ1) is 12.1. The van der Waals surface area contributed by atoms with Crippen molar-refractivity contribution in [3.63, 3.8) is 0 Å². The van der Waals surface area contributed by atoms with E-state index >= 15 is 0 Å². The summed E-state index contributed by atoms with van der Waals surface area (Å²) in [5.74, 6) is 0. The van der Waals surface area contributed by atoms with E-state index in [4.69, 9.17) is 11.6 Å². The first-order valence-electron chi connectivity index (χ1n) is 5.59. The van der Waals surface area contributed by atoms with Crippen LogP contribution in [0.25, 0.3) is 0 Å². The standard InChI is InChI=1S/C13H16ClN3/c1-10-12(9-17(2)16-10)8-15-7-11-4-3-5-13(14)6-11/h3-6,9,15H,7-8H2,1-2H3. The molecule has 0 unspecified atom stereocenters. The molecule has 1 heterocycles. The number of benzene rings is 1. The Morgan fingerprint density at radius 1 is 1.35 bits per heavy atom. The molecule has 0 atom stereocenters. The molecule has 0 radical (unpaired) electrons. The van der Waals surface area contributed by atoms with E-state index in [1.807, 2.05) is 43.0 Å². The third-order valence-electron chi connectivity index (χ3n) is 2.65. The van der Waals surface area contributed by atoms with E-state index in [1.165, 1.54) is 11.1 Å².